The van der Waals surface area contributed by atoms with Gasteiger partial charge in [-0.3, -0.25) is 19.7 Å². The zero-order chi connectivity index (χ0) is 21.4. The number of carbonyl (C=O) groups excluding carboxylic acids is 3. The van der Waals surface area contributed by atoms with E-state index in [9.17, 15) is 14.4 Å². The Kier molecular flexibility index (Phi) is 4.07. The van der Waals surface area contributed by atoms with E-state index in [0.29, 0.717) is 23.9 Å². The second kappa shape index (κ2) is 6.55. The van der Waals surface area contributed by atoms with E-state index in [-0.39, 0.29) is 29.7 Å². The van der Waals surface area contributed by atoms with E-state index in [0.717, 1.165) is 49.5 Å². The Morgan fingerprint density at radius 2 is 1.90 bits per heavy atom. The van der Waals surface area contributed by atoms with Gasteiger partial charge in [0, 0.05) is 41.9 Å². The van der Waals surface area contributed by atoms with Crippen LogP contribution in [0.5, 0.6) is 0 Å². The number of hydrogen-bond acceptors (Lipinski definition) is 5. The predicted octanol–water partition coefficient (Wildman–Crippen LogP) is 1.94. The normalized spacial score (nSPS) is 33.5. The van der Waals surface area contributed by atoms with Gasteiger partial charge in [-0.25, -0.2) is 0 Å². The molecule has 1 atom stereocenters. The molecular formula is C24H30N4O3. The summed E-state index contributed by atoms with van der Waals surface area (Å²) < 4.78 is 0. The largest absolute Gasteiger partial charge is 0.365 e. The Balaban J connectivity index is 1.30. The second-order valence-corrected chi connectivity index (χ2v) is 10.5. The first-order valence-electron chi connectivity index (χ1n) is 11.7. The Hall–Kier alpha value is -2.41. The minimum Gasteiger partial charge on any atom is -0.365 e. The van der Waals surface area contributed by atoms with Gasteiger partial charge in [0.15, 0.2) is 0 Å². The molecule has 0 aromatic heterocycles. The van der Waals surface area contributed by atoms with Gasteiger partial charge in [-0.15, -0.1) is 0 Å². The molecule has 1 saturated heterocycles. The number of piperidine rings is 1. The molecule has 0 radical (unpaired) electrons. The average Bonchev–Trinajstić information content (AvgIpc) is 3.46. The van der Waals surface area contributed by atoms with Crippen LogP contribution in [-0.2, 0) is 16.1 Å². The van der Waals surface area contributed by atoms with Crippen LogP contribution in [0.3, 0.4) is 0 Å². The third-order valence-electron chi connectivity index (χ3n) is 8.42. The fourth-order valence-corrected chi connectivity index (χ4v) is 6.60. The van der Waals surface area contributed by atoms with Gasteiger partial charge in [0.25, 0.3) is 5.91 Å². The number of nitrogens with zero attached hydrogens (tertiary/aromatic N) is 2. The number of amides is 3. The summed E-state index contributed by atoms with van der Waals surface area (Å²) in [6.45, 7) is 2.23. The molecule has 7 rings (SSSR count). The maximum atomic E-state index is 13.2. The molecule has 6 aliphatic rings. The van der Waals surface area contributed by atoms with Crippen LogP contribution in [0.25, 0.3) is 0 Å². The average molecular weight is 423 g/mol. The van der Waals surface area contributed by atoms with Gasteiger partial charge in [-0.2, -0.15) is 0 Å². The lowest BCUT2D eigenvalue weighted by Gasteiger charge is -2.74. The summed E-state index contributed by atoms with van der Waals surface area (Å²) in [6.07, 6.45) is 7.99. The summed E-state index contributed by atoms with van der Waals surface area (Å²) in [6, 6.07) is 5.45. The van der Waals surface area contributed by atoms with Crippen LogP contribution in [-0.4, -0.2) is 47.3 Å². The fourth-order valence-electron chi connectivity index (χ4n) is 6.60. The van der Waals surface area contributed by atoms with Crippen molar-refractivity contribution >= 4 is 23.4 Å². The fraction of sp³-hybridized carbons (Fsp3) is 0.625. The molecule has 2 aliphatic heterocycles. The van der Waals surface area contributed by atoms with E-state index in [1.54, 1.807) is 4.90 Å². The first-order valence-corrected chi connectivity index (χ1v) is 11.7. The third kappa shape index (κ3) is 2.85. The molecule has 164 valence electrons. The quantitative estimate of drug-likeness (QED) is 0.655. The summed E-state index contributed by atoms with van der Waals surface area (Å²) in [4.78, 5) is 41.5. The van der Waals surface area contributed by atoms with Gasteiger partial charge in [0.2, 0.25) is 11.8 Å². The maximum Gasteiger partial charge on any atom is 0.255 e. The van der Waals surface area contributed by atoms with Gasteiger partial charge < -0.3 is 15.5 Å². The molecule has 7 heteroatoms. The van der Waals surface area contributed by atoms with E-state index in [4.69, 9.17) is 5.73 Å². The SMILES string of the molecule is NCC12CC(N(CCC3CC3)c3cccc4c3CN(C3CCC(=O)NC3=O)C4=O)(C1)C2. The van der Waals surface area contributed by atoms with Gasteiger partial charge >= 0.3 is 0 Å². The number of carbonyl (C=O) groups is 3. The van der Waals surface area contributed by atoms with Crippen LogP contribution in [0.4, 0.5) is 5.69 Å². The van der Waals surface area contributed by atoms with Crippen LogP contribution in [0.1, 0.15) is 67.3 Å². The summed E-state index contributed by atoms with van der Waals surface area (Å²) in [5, 5.41) is 2.40. The first-order chi connectivity index (χ1) is 14.9. The lowest BCUT2D eigenvalue weighted by atomic mass is 9.38. The molecule has 3 amide bonds. The van der Waals surface area contributed by atoms with E-state index in [1.807, 2.05) is 12.1 Å². The Morgan fingerprint density at radius 1 is 1.13 bits per heavy atom. The van der Waals surface area contributed by atoms with E-state index in [2.05, 4.69) is 16.3 Å². The number of fused-ring (bicyclic) bond motifs is 1. The van der Waals surface area contributed by atoms with Crippen molar-refractivity contribution in [2.45, 2.75) is 69.5 Å². The Morgan fingerprint density at radius 3 is 2.58 bits per heavy atom. The Bertz CT molecular complexity index is 965. The van der Waals surface area contributed by atoms with Crippen LogP contribution in [0.2, 0.25) is 0 Å². The summed E-state index contributed by atoms with van der Waals surface area (Å²) in [5.74, 6) is 0.143. The minimum absolute atomic E-state index is 0.0930. The highest BCUT2D eigenvalue weighted by atomic mass is 16.2. The van der Waals surface area contributed by atoms with Crippen molar-refractivity contribution in [1.29, 1.82) is 0 Å². The zero-order valence-corrected chi connectivity index (χ0v) is 17.9. The number of anilines is 1. The van der Waals surface area contributed by atoms with Crippen molar-refractivity contribution in [2.24, 2.45) is 17.1 Å². The van der Waals surface area contributed by atoms with Crippen LogP contribution in [0.15, 0.2) is 18.2 Å². The second-order valence-electron chi connectivity index (χ2n) is 10.5. The van der Waals surface area contributed by atoms with Crippen LogP contribution < -0.4 is 16.0 Å². The molecule has 4 aliphatic carbocycles. The van der Waals surface area contributed by atoms with Gasteiger partial charge in [0.1, 0.15) is 6.04 Å². The molecule has 4 saturated carbocycles. The molecule has 2 heterocycles. The highest BCUT2D eigenvalue weighted by molar-refractivity contribution is 6.06. The highest BCUT2D eigenvalue weighted by Crippen LogP contribution is 2.70. The summed E-state index contributed by atoms with van der Waals surface area (Å²) in [7, 11) is 0. The molecule has 31 heavy (non-hydrogen) atoms. The van der Waals surface area contributed by atoms with Crippen LogP contribution in [0, 0.1) is 11.3 Å². The number of nitrogens with two attached hydrogens (primary N) is 1. The zero-order valence-electron chi connectivity index (χ0n) is 17.9. The van der Waals surface area contributed by atoms with Crippen molar-refractivity contribution in [2.75, 3.05) is 18.0 Å². The summed E-state index contributed by atoms with van der Waals surface area (Å²) >= 11 is 0. The molecule has 1 unspecified atom stereocenters. The number of nitrogens with one attached hydrogen (secondary N) is 1. The molecule has 5 fully saturated rings. The molecular weight excluding hydrogens is 392 g/mol. The summed E-state index contributed by atoms with van der Waals surface area (Å²) in [5.41, 5.74) is 9.47. The molecule has 3 N–H and O–H groups in total. The molecule has 0 spiro atoms. The topological polar surface area (TPSA) is 95.7 Å². The van der Waals surface area contributed by atoms with E-state index >= 15 is 0 Å². The lowest BCUT2D eigenvalue weighted by Crippen LogP contribution is -2.77. The van der Waals surface area contributed by atoms with Crippen molar-refractivity contribution in [1.82, 2.24) is 10.2 Å². The standard InChI is InChI=1S/C24H30N4O3/c25-14-23-11-24(12-23,13-23)28(9-8-15-4-5-15)18-3-1-2-16-17(18)10-27(22(16)31)19-6-7-20(29)26-21(19)30/h1-3,15,19H,4-14,25H2,(H,26,29,30). The maximum absolute atomic E-state index is 13.2. The van der Waals surface area contributed by atoms with Crippen molar-refractivity contribution in [3.05, 3.63) is 29.3 Å². The smallest absolute Gasteiger partial charge is 0.255 e. The van der Waals surface area contributed by atoms with Crippen molar-refractivity contribution in [3.8, 4) is 0 Å². The van der Waals surface area contributed by atoms with E-state index < -0.39 is 6.04 Å². The van der Waals surface area contributed by atoms with Crippen molar-refractivity contribution in [3.63, 3.8) is 0 Å². The van der Waals surface area contributed by atoms with Gasteiger partial charge in [-0.05, 0) is 62.1 Å². The Labute approximate surface area is 182 Å². The van der Waals surface area contributed by atoms with Crippen LogP contribution >= 0.6 is 0 Å². The molecule has 1 aromatic carbocycles. The molecule has 2 bridgehead atoms. The minimum atomic E-state index is -0.569. The lowest BCUT2D eigenvalue weighted by molar-refractivity contribution is -0.137. The van der Waals surface area contributed by atoms with Gasteiger partial charge in [-0.1, -0.05) is 18.9 Å². The monoisotopic (exact) mass is 422 g/mol. The first kappa shape index (κ1) is 19.3. The number of hydrogen-bond donors (Lipinski definition) is 2. The molecule has 7 nitrogen and oxygen atoms in total. The molecule has 1 aromatic rings. The van der Waals surface area contributed by atoms with E-state index in [1.165, 1.54) is 19.3 Å². The number of imide groups is 1. The number of benzene rings is 1. The van der Waals surface area contributed by atoms with Crippen molar-refractivity contribution < 1.29 is 14.4 Å². The highest BCUT2D eigenvalue weighted by Gasteiger charge is 2.69. The third-order valence-corrected chi connectivity index (χ3v) is 8.42. The number of rotatable bonds is 7. The van der Waals surface area contributed by atoms with Gasteiger partial charge in [0.05, 0.1) is 0 Å². The predicted molar refractivity (Wildman–Crippen MR) is 115 cm³/mol.